The van der Waals surface area contributed by atoms with E-state index in [1.54, 1.807) is 12.1 Å². The van der Waals surface area contributed by atoms with Crippen LogP contribution < -0.4 is 10.5 Å². The van der Waals surface area contributed by atoms with Crippen molar-refractivity contribution in [3.63, 3.8) is 0 Å². The van der Waals surface area contributed by atoms with Gasteiger partial charge in [-0.3, -0.25) is 0 Å². The molecule has 1 aromatic heterocycles. The van der Waals surface area contributed by atoms with Gasteiger partial charge in [0.2, 0.25) is 0 Å². The van der Waals surface area contributed by atoms with Crippen molar-refractivity contribution in [3.05, 3.63) is 24.2 Å². The Morgan fingerprint density at radius 1 is 1.44 bits per heavy atom. The van der Waals surface area contributed by atoms with Crippen LogP contribution in [0, 0.1) is 5.92 Å². The second-order valence-corrected chi connectivity index (χ2v) is 6.24. The molecule has 18 heavy (non-hydrogen) atoms. The quantitative estimate of drug-likeness (QED) is 0.806. The summed E-state index contributed by atoms with van der Waals surface area (Å²) in [4.78, 5) is 0. The van der Waals surface area contributed by atoms with Gasteiger partial charge in [-0.1, -0.05) is 0 Å². The average molecular weight is 273 g/mol. The van der Waals surface area contributed by atoms with Gasteiger partial charge in [0.25, 0.3) is 10.2 Å². The Bertz CT molecular complexity index is 450. The SMILES string of the molecule is NCC1CCN(S(=O)(=O)NCc2ccco2)CC1. The fraction of sp³-hybridized carbons (Fsp3) is 0.636. The highest BCUT2D eigenvalue weighted by Gasteiger charge is 2.27. The second kappa shape index (κ2) is 5.83. The minimum Gasteiger partial charge on any atom is -0.468 e. The summed E-state index contributed by atoms with van der Waals surface area (Å²) in [6.45, 7) is 1.89. The Labute approximate surface area is 107 Å². The Kier molecular flexibility index (Phi) is 4.39. The summed E-state index contributed by atoms with van der Waals surface area (Å²) in [5.41, 5.74) is 5.58. The molecule has 0 radical (unpaired) electrons. The van der Waals surface area contributed by atoms with Gasteiger partial charge in [0.15, 0.2) is 0 Å². The van der Waals surface area contributed by atoms with Gasteiger partial charge in [0, 0.05) is 13.1 Å². The third kappa shape index (κ3) is 3.32. The normalized spacial score (nSPS) is 19.2. The van der Waals surface area contributed by atoms with Crippen molar-refractivity contribution in [2.75, 3.05) is 19.6 Å². The minimum absolute atomic E-state index is 0.187. The summed E-state index contributed by atoms with van der Waals surface area (Å²) >= 11 is 0. The molecule has 0 bridgehead atoms. The van der Waals surface area contributed by atoms with Gasteiger partial charge in [-0.25, -0.2) is 0 Å². The highest BCUT2D eigenvalue weighted by atomic mass is 32.2. The van der Waals surface area contributed by atoms with E-state index in [0.717, 1.165) is 12.8 Å². The summed E-state index contributed by atoms with van der Waals surface area (Å²) in [5.74, 6) is 1.05. The Morgan fingerprint density at radius 2 is 2.17 bits per heavy atom. The summed E-state index contributed by atoms with van der Waals surface area (Å²) in [6.07, 6.45) is 3.19. The van der Waals surface area contributed by atoms with Crippen LogP contribution in [0.2, 0.25) is 0 Å². The lowest BCUT2D eigenvalue weighted by Crippen LogP contribution is -2.45. The highest BCUT2D eigenvalue weighted by molar-refractivity contribution is 7.87. The lowest BCUT2D eigenvalue weighted by Gasteiger charge is -2.30. The van der Waals surface area contributed by atoms with Crippen LogP contribution in [0.4, 0.5) is 0 Å². The van der Waals surface area contributed by atoms with E-state index >= 15 is 0 Å². The average Bonchev–Trinajstić information content (AvgIpc) is 2.90. The lowest BCUT2D eigenvalue weighted by molar-refractivity contribution is 0.275. The Balaban J connectivity index is 1.87. The Hall–Kier alpha value is -0.890. The molecule has 102 valence electrons. The fourth-order valence-corrected chi connectivity index (χ4v) is 3.25. The number of furan rings is 1. The van der Waals surface area contributed by atoms with Crippen molar-refractivity contribution < 1.29 is 12.8 Å². The molecule has 1 aliphatic rings. The molecule has 1 saturated heterocycles. The zero-order chi connectivity index (χ0) is 13.0. The highest BCUT2D eigenvalue weighted by Crippen LogP contribution is 2.17. The molecular formula is C11H19N3O3S. The Morgan fingerprint density at radius 3 is 2.72 bits per heavy atom. The number of hydrogen-bond acceptors (Lipinski definition) is 4. The van der Waals surface area contributed by atoms with E-state index in [9.17, 15) is 8.42 Å². The number of rotatable bonds is 5. The third-order valence-electron chi connectivity index (χ3n) is 3.26. The molecule has 0 aliphatic carbocycles. The molecule has 0 atom stereocenters. The minimum atomic E-state index is -3.41. The van der Waals surface area contributed by atoms with Crippen molar-refractivity contribution in [2.24, 2.45) is 11.7 Å². The van der Waals surface area contributed by atoms with E-state index < -0.39 is 10.2 Å². The number of piperidine rings is 1. The molecule has 0 saturated carbocycles. The number of nitrogens with one attached hydrogen (secondary N) is 1. The van der Waals surface area contributed by atoms with E-state index in [-0.39, 0.29) is 6.54 Å². The zero-order valence-electron chi connectivity index (χ0n) is 10.2. The van der Waals surface area contributed by atoms with Gasteiger partial charge in [0.1, 0.15) is 5.76 Å². The molecular weight excluding hydrogens is 254 g/mol. The molecule has 0 spiro atoms. The molecule has 2 heterocycles. The maximum atomic E-state index is 12.0. The molecule has 0 unspecified atom stereocenters. The predicted molar refractivity (Wildman–Crippen MR) is 67.8 cm³/mol. The van der Waals surface area contributed by atoms with Crippen LogP contribution >= 0.6 is 0 Å². The van der Waals surface area contributed by atoms with E-state index in [0.29, 0.717) is 31.3 Å². The first-order chi connectivity index (χ1) is 8.62. The maximum Gasteiger partial charge on any atom is 0.279 e. The maximum absolute atomic E-state index is 12.0. The monoisotopic (exact) mass is 273 g/mol. The summed E-state index contributed by atoms with van der Waals surface area (Å²) in [5, 5.41) is 0. The standard InChI is InChI=1S/C11H19N3O3S/c12-8-10-3-5-14(6-4-10)18(15,16)13-9-11-2-1-7-17-11/h1-2,7,10,13H,3-6,8-9,12H2. The molecule has 0 amide bonds. The summed E-state index contributed by atoms with van der Waals surface area (Å²) in [7, 11) is -3.41. The topological polar surface area (TPSA) is 88.6 Å². The molecule has 0 aromatic carbocycles. The van der Waals surface area contributed by atoms with Crippen molar-refractivity contribution in [1.82, 2.24) is 9.03 Å². The van der Waals surface area contributed by atoms with Gasteiger partial charge in [-0.15, -0.1) is 0 Å². The van der Waals surface area contributed by atoms with E-state index in [2.05, 4.69) is 4.72 Å². The molecule has 1 aromatic rings. The van der Waals surface area contributed by atoms with Crippen molar-refractivity contribution in [2.45, 2.75) is 19.4 Å². The zero-order valence-corrected chi connectivity index (χ0v) is 11.0. The number of nitrogens with two attached hydrogens (primary N) is 1. The van der Waals surface area contributed by atoms with Gasteiger partial charge < -0.3 is 10.2 Å². The van der Waals surface area contributed by atoms with Crippen molar-refractivity contribution >= 4 is 10.2 Å². The first kappa shape index (κ1) is 13.5. The fourth-order valence-electron chi connectivity index (χ4n) is 2.05. The first-order valence-corrected chi connectivity index (χ1v) is 7.53. The van der Waals surface area contributed by atoms with E-state index in [1.807, 2.05) is 0 Å². The van der Waals surface area contributed by atoms with Gasteiger partial charge >= 0.3 is 0 Å². The second-order valence-electron chi connectivity index (χ2n) is 4.48. The van der Waals surface area contributed by atoms with Crippen molar-refractivity contribution in [1.29, 1.82) is 0 Å². The molecule has 2 rings (SSSR count). The van der Waals surface area contributed by atoms with E-state index in [1.165, 1.54) is 10.6 Å². The van der Waals surface area contributed by atoms with Gasteiger partial charge in [0.05, 0.1) is 12.8 Å². The van der Waals surface area contributed by atoms with Crippen LogP contribution in [-0.4, -0.2) is 32.4 Å². The first-order valence-electron chi connectivity index (χ1n) is 6.09. The van der Waals surface area contributed by atoms with Crippen LogP contribution in [0.5, 0.6) is 0 Å². The molecule has 7 heteroatoms. The molecule has 3 N–H and O–H groups in total. The van der Waals surface area contributed by atoms with Crippen LogP contribution in [0.15, 0.2) is 22.8 Å². The molecule has 1 aliphatic heterocycles. The number of hydrogen-bond donors (Lipinski definition) is 2. The van der Waals surface area contributed by atoms with Crippen LogP contribution in [0.3, 0.4) is 0 Å². The van der Waals surface area contributed by atoms with Crippen LogP contribution in [-0.2, 0) is 16.8 Å². The van der Waals surface area contributed by atoms with Gasteiger partial charge in [-0.2, -0.15) is 17.4 Å². The van der Waals surface area contributed by atoms with Crippen LogP contribution in [0.25, 0.3) is 0 Å². The third-order valence-corrected chi connectivity index (χ3v) is 4.81. The molecule has 1 fully saturated rings. The summed E-state index contributed by atoms with van der Waals surface area (Å²) in [6, 6.07) is 3.47. The van der Waals surface area contributed by atoms with Crippen LogP contribution in [0.1, 0.15) is 18.6 Å². The van der Waals surface area contributed by atoms with Gasteiger partial charge in [-0.05, 0) is 37.4 Å². The molecule has 6 nitrogen and oxygen atoms in total. The van der Waals surface area contributed by atoms with E-state index in [4.69, 9.17) is 10.2 Å². The number of nitrogens with zero attached hydrogens (tertiary/aromatic N) is 1. The smallest absolute Gasteiger partial charge is 0.279 e. The predicted octanol–water partition coefficient (Wildman–Crippen LogP) is 0.285. The van der Waals surface area contributed by atoms with Crippen molar-refractivity contribution in [3.8, 4) is 0 Å². The lowest BCUT2D eigenvalue weighted by atomic mass is 9.99. The summed E-state index contributed by atoms with van der Waals surface area (Å²) < 4.78 is 33.1. The largest absolute Gasteiger partial charge is 0.468 e.